The Bertz CT molecular complexity index is 1350. The van der Waals surface area contributed by atoms with Crippen LogP contribution in [0.5, 0.6) is 5.75 Å². The Morgan fingerprint density at radius 3 is 2.73 bits per heavy atom. The lowest BCUT2D eigenvalue weighted by molar-refractivity contribution is 0.412. The van der Waals surface area contributed by atoms with Gasteiger partial charge >= 0.3 is 0 Å². The van der Waals surface area contributed by atoms with Gasteiger partial charge in [0.15, 0.2) is 5.16 Å². The minimum absolute atomic E-state index is 0.168. The highest BCUT2D eigenvalue weighted by Gasteiger charge is 2.23. The zero-order valence-corrected chi connectivity index (χ0v) is 19.7. The molecule has 0 saturated carbocycles. The summed E-state index contributed by atoms with van der Waals surface area (Å²) >= 11 is 7.50. The molecule has 3 aromatic heterocycles. The van der Waals surface area contributed by atoms with Gasteiger partial charge in [-0.2, -0.15) is 0 Å². The van der Waals surface area contributed by atoms with E-state index in [4.69, 9.17) is 16.3 Å². The first kappa shape index (κ1) is 21.8. The number of hydrogen-bond donors (Lipinski definition) is 0. The van der Waals surface area contributed by atoms with E-state index in [1.54, 1.807) is 25.4 Å². The number of pyridine rings is 1. The molecule has 10 heteroatoms. The SMILES string of the molecule is COc1ccccc1-n1c(SCc2cc(=O)n3cc(Cl)ccc3n2)nnc1N1CCCCC1. The molecule has 0 amide bonds. The fourth-order valence-corrected chi connectivity index (χ4v) is 5.01. The van der Waals surface area contributed by atoms with Gasteiger partial charge in [0.1, 0.15) is 11.4 Å². The van der Waals surface area contributed by atoms with Crippen LogP contribution in [0.1, 0.15) is 25.0 Å². The highest BCUT2D eigenvalue weighted by molar-refractivity contribution is 7.98. The third-order valence-corrected chi connectivity index (χ3v) is 6.79. The summed E-state index contributed by atoms with van der Waals surface area (Å²) in [6.07, 6.45) is 5.08. The van der Waals surface area contributed by atoms with Crippen molar-refractivity contribution in [1.29, 1.82) is 0 Å². The number of benzene rings is 1. The summed E-state index contributed by atoms with van der Waals surface area (Å²) in [5.41, 5.74) is 1.94. The molecule has 1 aliphatic rings. The third kappa shape index (κ3) is 4.43. The van der Waals surface area contributed by atoms with E-state index in [1.807, 2.05) is 28.8 Å². The molecular formula is C23H23ClN6O2S. The maximum absolute atomic E-state index is 12.5. The van der Waals surface area contributed by atoms with Gasteiger partial charge in [0.2, 0.25) is 5.95 Å². The van der Waals surface area contributed by atoms with Gasteiger partial charge in [-0.1, -0.05) is 35.5 Å². The predicted molar refractivity (Wildman–Crippen MR) is 130 cm³/mol. The summed E-state index contributed by atoms with van der Waals surface area (Å²) in [7, 11) is 1.66. The number of nitrogens with zero attached hydrogens (tertiary/aromatic N) is 6. The van der Waals surface area contributed by atoms with Crippen LogP contribution in [0.2, 0.25) is 5.02 Å². The molecule has 1 saturated heterocycles. The van der Waals surface area contributed by atoms with Crippen LogP contribution >= 0.6 is 23.4 Å². The van der Waals surface area contributed by atoms with Crippen LogP contribution < -0.4 is 15.2 Å². The van der Waals surface area contributed by atoms with Crippen molar-refractivity contribution in [1.82, 2.24) is 24.1 Å². The first-order valence-corrected chi connectivity index (χ1v) is 12.1. The topological polar surface area (TPSA) is 77.5 Å². The van der Waals surface area contributed by atoms with Crippen molar-refractivity contribution in [2.45, 2.75) is 30.2 Å². The van der Waals surface area contributed by atoms with Crippen LogP contribution in [-0.2, 0) is 5.75 Å². The predicted octanol–water partition coefficient (Wildman–Crippen LogP) is 4.22. The zero-order chi connectivity index (χ0) is 22.8. The number of methoxy groups -OCH3 is 1. The Hall–Kier alpha value is -3.04. The molecule has 0 atom stereocenters. The van der Waals surface area contributed by atoms with Gasteiger partial charge in [0, 0.05) is 31.1 Å². The number of aromatic nitrogens is 5. The smallest absolute Gasteiger partial charge is 0.258 e. The van der Waals surface area contributed by atoms with E-state index >= 15 is 0 Å². The van der Waals surface area contributed by atoms with Crippen molar-refractivity contribution in [3.8, 4) is 11.4 Å². The van der Waals surface area contributed by atoms with Gasteiger partial charge in [-0.15, -0.1) is 10.2 Å². The summed E-state index contributed by atoms with van der Waals surface area (Å²) < 4.78 is 9.12. The van der Waals surface area contributed by atoms with E-state index < -0.39 is 0 Å². The van der Waals surface area contributed by atoms with Crippen LogP contribution in [0, 0.1) is 0 Å². The fourth-order valence-electron chi connectivity index (χ4n) is 4.02. The lowest BCUT2D eigenvalue weighted by Gasteiger charge is -2.28. The Morgan fingerprint density at radius 2 is 1.91 bits per heavy atom. The number of piperidine rings is 1. The minimum Gasteiger partial charge on any atom is -0.495 e. The normalized spacial score (nSPS) is 14.1. The summed E-state index contributed by atoms with van der Waals surface area (Å²) in [5, 5.41) is 10.3. The summed E-state index contributed by atoms with van der Waals surface area (Å²) in [4.78, 5) is 19.4. The molecule has 0 spiro atoms. The number of anilines is 1. The van der Waals surface area contributed by atoms with Crippen molar-refractivity contribution in [2.24, 2.45) is 0 Å². The molecule has 33 heavy (non-hydrogen) atoms. The van der Waals surface area contributed by atoms with E-state index in [1.165, 1.54) is 28.6 Å². The van der Waals surface area contributed by atoms with Gasteiger partial charge in [-0.05, 0) is 43.5 Å². The summed E-state index contributed by atoms with van der Waals surface area (Å²) in [6, 6.07) is 12.9. The molecule has 8 nitrogen and oxygen atoms in total. The van der Waals surface area contributed by atoms with Crippen LogP contribution in [-0.4, -0.2) is 44.3 Å². The minimum atomic E-state index is -0.168. The Morgan fingerprint density at radius 1 is 1.09 bits per heavy atom. The number of fused-ring (bicyclic) bond motifs is 1. The third-order valence-electron chi connectivity index (χ3n) is 5.61. The van der Waals surface area contributed by atoms with Crippen molar-refractivity contribution in [3.63, 3.8) is 0 Å². The Labute approximate surface area is 200 Å². The van der Waals surface area contributed by atoms with Crippen LogP contribution in [0.3, 0.4) is 0 Å². The lowest BCUT2D eigenvalue weighted by Crippen LogP contribution is -2.31. The second-order valence-electron chi connectivity index (χ2n) is 7.79. The maximum Gasteiger partial charge on any atom is 0.258 e. The van der Waals surface area contributed by atoms with Gasteiger partial charge in [0.05, 0.1) is 23.5 Å². The first-order valence-electron chi connectivity index (χ1n) is 10.8. The monoisotopic (exact) mass is 482 g/mol. The molecule has 1 aliphatic heterocycles. The van der Waals surface area contributed by atoms with Gasteiger partial charge in [0.25, 0.3) is 5.56 Å². The average molecular weight is 483 g/mol. The molecular weight excluding hydrogens is 460 g/mol. The molecule has 0 aliphatic carbocycles. The molecule has 170 valence electrons. The van der Waals surface area contributed by atoms with Crippen molar-refractivity contribution in [3.05, 3.63) is 69.7 Å². The largest absolute Gasteiger partial charge is 0.495 e. The van der Waals surface area contributed by atoms with Gasteiger partial charge in [-0.3, -0.25) is 13.8 Å². The van der Waals surface area contributed by atoms with Gasteiger partial charge < -0.3 is 9.64 Å². The Kier molecular flexibility index (Phi) is 6.24. The van der Waals surface area contributed by atoms with E-state index in [0.29, 0.717) is 22.1 Å². The number of ether oxygens (including phenoxy) is 1. The first-order chi connectivity index (χ1) is 16.1. The van der Waals surface area contributed by atoms with Crippen LogP contribution in [0.25, 0.3) is 11.3 Å². The average Bonchev–Trinajstić information content (AvgIpc) is 3.27. The molecule has 4 aromatic rings. The summed E-state index contributed by atoms with van der Waals surface area (Å²) in [5.74, 6) is 2.03. The summed E-state index contributed by atoms with van der Waals surface area (Å²) in [6.45, 7) is 1.90. The van der Waals surface area contributed by atoms with E-state index in [-0.39, 0.29) is 5.56 Å². The van der Waals surface area contributed by atoms with Crippen molar-refractivity contribution in [2.75, 3.05) is 25.1 Å². The van der Waals surface area contributed by atoms with Crippen molar-refractivity contribution < 1.29 is 4.74 Å². The standard InChI is InChI=1S/C23H23ClN6O2S/c1-32-19-8-4-3-7-18(19)30-22(28-11-5-2-6-12-28)26-27-23(30)33-15-17-13-21(31)29-14-16(24)9-10-20(29)25-17/h3-4,7-10,13-14H,2,5-6,11-12,15H2,1H3. The van der Waals surface area contributed by atoms with Crippen LogP contribution in [0.4, 0.5) is 5.95 Å². The quantitative estimate of drug-likeness (QED) is 0.381. The molecule has 0 unspecified atom stereocenters. The van der Waals surface area contributed by atoms with Crippen molar-refractivity contribution >= 4 is 35.0 Å². The van der Waals surface area contributed by atoms with E-state index in [2.05, 4.69) is 20.1 Å². The molecule has 4 heterocycles. The van der Waals surface area contributed by atoms with E-state index in [9.17, 15) is 4.79 Å². The fraction of sp³-hybridized carbons (Fsp3) is 0.304. The number of halogens is 1. The van der Waals surface area contributed by atoms with Gasteiger partial charge in [-0.25, -0.2) is 4.98 Å². The zero-order valence-electron chi connectivity index (χ0n) is 18.1. The Balaban J connectivity index is 1.50. The maximum atomic E-state index is 12.5. The second-order valence-corrected chi connectivity index (χ2v) is 9.17. The number of thioether (sulfide) groups is 1. The lowest BCUT2D eigenvalue weighted by atomic mass is 10.1. The molecule has 5 rings (SSSR count). The van der Waals surface area contributed by atoms with Crippen LogP contribution in [0.15, 0.2) is 58.6 Å². The molecule has 0 N–H and O–H groups in total. The number of para-hydroxylation sites is 2. The molecule has 0 bridgehead atoms. The molecule has 1 aromatic carbocycles. The molecule has 1 fully saturated rings. The highest BCUT2D eigenvalue weighted by atomic mass is 35.5. The highest BCUT2D eigenvalue weighted by Crippen LogP contribution is 2.33. The number of rotatable bonds is 6. The second kappa shape index (κ2) is 9.44. The molecule has 0 radical (unpaired) electrons. The van der Waals surface area contributed by atoms with E-state index in [0.717, 1.165) is 48.5 Å². The number of hydrogen-bond acceptors (Lipinski definition) is 7.